The van der Waals surface area contributed by atoms with E-state index in [1.54, 1.807) is 0 Å². The average molecular weight is 234 g/mol. The molecule has 1 rings (SSSR count). The third kappa shape index (κ3) is 4.22. The first-order valence-electron chi connectivity index (χ1n) is 6.40. The Balaban J connectivity index is 2.51. The molecule has 2 nitrogen and oxygen atoms in total. The molecule has 0 heterocycles. The predicted molar refractivity (Wildman–Crippen MR) is 69.9 cm³/mol. The molecule has 0 fully saturated rings. The lowest BCUT2D eigenvalue weighted by molar-refractivity contribution is -0.148. The van der Waals surface area contributed by atoms with Gasteiger partial charge in [-0.3, -0.25) is 4.79 Å². The van der Waals surface area contributed by atoms with Crippen LogP contribution in [0, 0.1) is 5.92 Å². The maximum atomic E-state index is 11.6. The van der Waals surface area contributed by atoms with Crippen LogP contribution in [0.3, 0.4) is 0 Å². The molecule has 0 aromatic heterocycles. The molecular formula is C15H22O2. The maximum Gasteiger partial charge on any atom is 0.308 e. The van der Waals surface area contributed by atoms with Gasteiger partial charge in [-0.05, 0) is 18.4 Å². The van der Waals surface area contributed by atoms with E-state index in [0.717, 1.165) is 12.8 Å². The van der Waals surface area contributed by atoms with Crippen LogP contribution in [0.2, 0.25) is 0 Å². The molecule has 0 saturated heterocycles. The molecular weight excluding hydrogens is 212 g/mol. The summed E-state index contributed by atoms with van der Waals surface area (Å²) >= 11 is 0. The molecule has 17 heavy (non-hydrogen) atoms. The monoisotopic (exact) mass is 234 g/mol. The van der Waals surface area contributed by atoms with Gasteiger partial charge in [0.25, 0.3) is 0 Å². The molecule has 94 valence electrons. The molecule has 0 bridgehead atoms. The van der Waals surface area contributed by atoms with Crippen LogP contribution in [-0.4, -0.2) is 12.6 Å². The van der Waals surface area contributed by atoms with Gasteiger partial charge >= 0.3 is 5.97 Å². The van der Waals surface area contributed by atoms with Crippen molar-refractivity contribution >= 4 is 5.97 Å². The number of rotatable bonds is 6. The predicted octanol–water partition coefficient (Wildman–Crippen LogP) is 3.77. The number of carbonyl (C=O) groups is 1. The quantitative estimate of drug-likeness (QED) is 0.700. The van der Waals surface area contributed by atoms with Gasteiger partial charge in [0.2, 0.25) is 0 Å². The fourth-order valence-electron chi connectivity index (χ4n) is 1.67. The topological polar surface area (TPSA) is 26.3 Å². The highest BCUT2D eigenvalue weighted by atomic mass is 16.5. The number of carbonyl (C=O) groups excluding carboxylic acids is 1. The smallest absolute Gasteiger partial charge is 0.308 e. The largest absolute Gasteiger partial charge is 0.465 e. The van der Waals surface area contributed by atoms with Crippen LogP contribution < -0.4 is 0 Å². The Morgan fingerprint density at radius 1 is 1.18 bits per heavy atom. The molecule has 2 atom stereocenters. The second kappa shape index (κ2) is 7.10. The molecule has 0 spiro atoms. The molecule has 1 aromatic rings. The highest BCUT2D eigenvalue weighted by Gasteiger charge is 2.15. The van der Waals surface area contributed by atoms with Crippen LogP contribution >= 0.6 is 0 Å². The first kappa shape index (κ1) is 13.8. The highest BCUT2D eigenvalue weighted by molar-refractivity contribution is 5.71. The van der Waals surface area contributed by atoms with E-state index in [1.165, 1.54) is 5.56 Å². The lowest BCUT2D eigenvalue weighted by atomic mass is 9.97. The van der Waals surface area contributed by atoms with E-state index in [-0.39, 0.29) is 11.9 Å². The van der Waals surface area contributed by atoms with Gasteiger partial charge in [0.15, 0.2) is 0 Å². The Kier molecular flexibility index (Phi) is 5.75. The van der Waals surface area contributed by atoms with Crippen molar-refractivity contribution < 1.29 is 9.53 Å². The standard InChI is InChI=1S/C15H22O2/c1-4-12(3)15(16)17-11-13(5-2)14-9-7-6-8-10-14/h6-10,12-13H,4-5,11H2,1-3H3. The van der Waals surface area contributed by atoms with Crippen molar-refractivity contribution in [2.45, 2.75) is 39.5 Å². The first-order valence-corrected chi connectivity index (χ1v) is 6.40. The third-order valence-corrected chi connectivity index (χ3v) is 3.21. The summed E-state index contributed by atoms with van der Waals surface area (Å²) < 4.78 is 5.36. The number of hydrogen-bond acceptors (Lipinski definition) is 2. The molecule has 0 aliphatic carbocycles. The van der Waals surface area contributed by atoms with Gasteiger partial charge in [0, 0.05) is 5.92 Å². The van der Waals surface area contributed by atoms with E-state index < -0.39 is 0 Å². The first-order chi connectivity index (χ1) is 8.19. The summed E-state index contributed by atoms with van der Waals surface area (Å²) in [6.07, 6.45) is 1.82. The van der Waals surface area contributed by atoms with Crippen LogP contribution in [0.15, 0.2) is 30.3 Å². The normalized spacial score (nSPS) is 14.1. The number of esters is 1. The second-order valence-electron chi connectivity index (χ2n) is 4.46. The van der Waals surface area contributed by atoms with Gasteiger partial charge in [0.1, 0.15) is 0 Å². The zero-order valence-electron chi connectivity index (χ0n) is 11.0. The Morgan fingerprint density at radius 3 is 2.35 bits per heavy atom. The SMILES string of the molecule is CCC(C)C(=O)OCC(CC)c1ccccc1. The van der Waals surface area contributed by atoms with Crippen LogP contribution in [0.4, 0.5) is 0 Å². The Labute approximate surface area is 104 Å². The zero-order chi connectivity index (χ0) is 12.7. The zero-order valence-corrected chi connectivity index (χ0v) is 11.0. The lowest BCUT2D eigenvalue weighted by Crippen LogP contribution is -2.18. The van der Waals surface area contributed by atoms with Gasteiger partial charge in [-0.15, -0.1) is 0 Å². The lowest BCUT2D eigenvalue weighted by Gasteiger charge is -2.17. The maximum absolute atomic E-state index is 11.6. The summed E-state index contributed by atoms with van der Waals surface area (Å²) in [7, 11) is 0. The van der Waals surface area contributed by atoms with Crippen LogP contribution in [0.25, 0.3) is 0 Å². The molecule has 0 saturated carbocycles. The van der Waals surface area contributed by atoms with Crippen molar-refractivity contribution in [1.29, 1.82) is 0 Å². The Bertz CT molecular complexity index is 332. The minimum Gasteiger partial charge on any atom is -0.465 e. The number of hydrogen-bond donors (Lipinski definition) is 0. The van der Waals surface area contributed by atoms with Gasteiger partial charge in [-0.1, -0.05) is 51.1 Å². The highest BCUT2D eigenvalue weighted by Crippen LogP contribution is 2.20. The number of benzene rings is 1. The molecule has 0 radical (unpaired) electrons. The molecule has 2 heteroatoms. The van der Waals surface area contributed by atoms with E-state index in [0.29, 0.717) is 12.5 Å². The average Bonchev–Trinajstić information content (AvgIpc) is 2.39. The van der Waals surface area contributed by atoms with Crippen LogP contribution in [0.1, 0.15) is 45.1 Å². The third-order valence-electron chi connectivity index (χ3n) is 3.21. The van der Waals surface area contributed by atoms with Gasteiger partial charge in [0.05, 0.1) is 12.5 Å². The molecule has 0 N–H and O–H groups in total. The van der Waals surface area contributed by atoms with Crippen LogP contribution in [0.5, 0.6) is 0 Å². The van der Waals surface area contributed by atoms with Crippen molar-refractivity contribution in [1.82, 2.24) is 0 Å². The number of ether oxygens (including phenoxy) is 1. The fourth-order valence-corrected chi connectivity index (χ4v) is 1.67. The molecule has 1 aromatic carbocycles. The van der Waals surface area contributed by atoms with E-state index in [2.05, 4.69) is 19.1 Å². The summed E-state index contributed by atoms with van der Waals surface area (Å²) in [4.78, 5) is 11.6. The molecule has 2 unspecified atom stereocenters. The fraction of sp³-hybridized carbons (Fsp3) is 0.533. The summed E-state index contributed by atoms with van der Waals surface area (Å²) in [6, 6.07) is 10.2. The van der Waals surface area contributed by atoms with E-state index in [4.69, 9.17) is 4.74 Å². The van der Waals surface area contributed by atoms with Gasteiger partial charge < -0.3 is 4.74 Å². The van der Waals surface area contributed by atoms with Gasteiger partial charge in [-0.25, -0.2) is 0 Å². The van der Waals surface area contributed by atoms with Gasteiger partial charge in [-0.2, -0.15) is 0 Å². The molecule has 0 amide bonds. The summed E-state index contributed by atoms with van der Waals surface area (Å²) in [6.45, 7) is 6.52. The van der Waals surface area contributed by atoms with Crippen molar-refractivity contribution in [3.8, 4) is 0 Å². The minimum atomic E-state index is -0.0816. The Hall–Kier alpha value is -1.31. The van der Waals surface area contributed by atoms with E-state index in [9.17, 15) is 4.79 Å². The molecule has 0 aliphatic heterocycles. The second-order valence-corrected chi connectivity index (χ2v) is 4.46. The van der Waals surface area contributed by atoms with Crippen LogP contribution in [-0.2, 0) is 9.53 Å². The van der Waals surface area contributed by atoms with Crippen molar-refractivity contribution in [2.75, 3.05) is 6.61 Å². The van der Waals surface area contributed by atoms with Crippen molar-refractivity contribution in [3.05, 3.63) is 35.9 Å². The Morgan fingerprint density at radius 2 is 1.82 bits per heavy atom. The summed E-state index contributed by atoms with van der Waals surface area (Å²) in [5, 5.41) is 0. The summed E-state index contributed by atoms with van der Waals surface area (Å²) in [5.74, 6) is 0.231. The minimum absolute atomic E-state index is 0.00304. The van der Waals surface area contributed by atoms with Crippen molar-refractivity contribution in [3.63, 3.8) is 0 Å². The molecule has 0 aliphatic rings. The van der Waals surface area contributed by atoms with E-state index >= 15 is 0 Å². The van der Waals surface area contributed by atoms with E-state index in [1.807, 2.05) is 32.0 Å². The van der Waals surface area contributed by atoms with Crippen molar-refractivity contribution in [2.24, 2.45) is 5.92 Å². The summed E-state index contributed by atoms with van der Waals surface area (Å²) in [5.41, 5.74) is 1.24.